The molecule has 19 heteroatoms. The molecule has 0 aliphatic carbocycles. The molecule has 17 nitrogen and oxygen atoms in total. The molecule has 9 atom stereocenters. The molecule has 0 bridgehead atoms. The highest BCUT2D eigenvalue weighted by molar-refractivity contribution is 7.48. The first kappa shape index (κ1) is 57.2. The lowest BCUT2D eigenvalue weighted by molar-refractivity contribution is -0.145. The standard InChI is InChI=1S/C62H67N4O13PSi/c1-9-24-49(76-62(42-26-14-11-15-27-42)45-32-20-22-34-47(45)73-48-35-23-21-33-46(48)62)55-51(36-53(74-55)65-38-40(3)57(67)63-59(65)69)78-80(71,72-8)77-50(25-10-2)56-52(37-54(75-56)66-39-41(4)58(68)64-60(66)70)79-81(61(5,6)7,43-28-16-12-17-29-43)44-30-18-13-19-31-44/h9-23,26-35,38-39,49-56H,1-2,24-25,36-37H2,3-8H3,(H,63,67,69)(H,64,68,70)/t49-,50-,51-,52-,53+,54+,55?,56+,80?/m0/s1. The molecule has 0 saturated carbocycles. The van der Waals surface area contributed by atoms with Crippen LogP contribution in [0.2, 0.25) is 5.04 Å². The Morgan fingerprint density at radius 3 is 1.59 bits per heavy atom. The number of hydrogen-bond donors (Lipinski definition) is 2. The minimum absolute atomic E-state index is 0.0240. The smallest absolute Gasteiger partial charge is 0.457 e. The maximum Gasteiger partial charge on any atom is 0.475 e. The lowest BCUT2D eigenvalue weighted by Crippen LogP contribution is -2.68. The van der Waals surface area contributed by atoms with E-state index >= 15 is 4.57 Å². The maximum atomic E-state index is 15.9. The van der Waals surface area contributed by atoms with Gasteiger partial charge in [0.25, 0.3) is 19.4 Å². The SMILES string of the molecule is C=CC[C@H](OC1(c2ccccc2)c2ccccc2Oc2ccccc21)C1O[C@@H](n2cc(C)c(=O)[nH]c2=O)C[C@@H]1OP(=O)(OC)O[C@@H](CC=C)[C@H]1O[C@@H](n2cc(C)c(=O)[nH]c2=O)C[C@@H]1O[Si](c1ccccc1)(c1ccccc1)C(C)(C)C. The van der Waals surface area contributed by atoms with Gasteiger partial charge in [0, 0.05) is 54.6 Å². The van der Waals surface area contributed by atoms with E-state index in [0.717, 1.165) is 15.9 Å². The third-order valence-corrected chi connectivity index (χ3v) is 22.0. The molecule has 2 unspecified atom stereocenters. The van der Waals surface area contributed by atoms with Crippen molar-refractivity contribution < 1.29 is 41.5 Å². The Kier molecular flexibility index (Phi) is 16.5. The van der Waals surface area contributed by atoms with Gasteiger partial charge in [-0.3, -0.25) is 42.3 Å². The first-order valence-electron chi connectivity index (χ1n) is 27.0. The van der Waals surface area contributed by atoms with Gasteiger partial charge in [0.05, 0.1) is 12.2 Å². The summed E-state index contributed by atoms with van der Waals surface area (Å²) in [5.41, 5.74) is -1.18. The molecule has 0 spiro atoms. The number of nitrogens with zero attached hydrogens (tertiary/aromatic N) is 2. The van der Waals surface area contributed by atoms with Crippen LogP contribution >= 0.6 is 7.82 Å². The van der Waals surface area contributed by atoms with Crippen molar-refractivity contribution in [3.63, 3.8) is 0 Å². The Morgan fingerprint density at radius 2 is 1.11 bits per heavy atom. The molecule has 7 aromatic rings. The number of rotatable bonds is 20. The number of nitrogens with one attached hydrogen (secondary N) is 2. The molecule has 2 aromatic heterocycles. The summed E-state index contributed by atoms with van der Waals surface area (Å²) >= 11 is 0. The van der Waals surface area contributed by atoms with E-state index in [0.29, 0.717) is 22.6 Å². The molecule has 3 aliphatic rings. The van der Waals surface area contributed by atoms with Crippen molar-refractivity contribution >= 4 is 26.5 Å². The van der Waals surface area contributed by atoms with E-state index < -0.39 is 98.4 Å². The molecule has 81 heavy (non-hydrogen) atoms. The van der Waals surface area contributed by atoms with Crippen molar-refractivity contribution in [2.24, 2.45) is 0 Å². The van der Waals surface area contributed by atoms with Crippen LogP contribution < -0.4 is 37.6 Å². The molecule has 2 N–H and O–H groups in total. The molecule has 2 saturated heterocycles. The number of aromatic amines is 2. The Hall–Kier alpha value is -7.09. The number of ether oxygens (including phenoxy) is 4. The van der Waals surface area contributed by atoms with Crippen molar-refractivity contribution in [2.75, 3.05) is 7.11 Å². The van der Waals surface area contributed by atoms with Gasteiger partial charge in [-0.2, -0.15) is 0 Å². The summed E-state index contributed by atoms with van der Waals surface area (Å²) in [5.74, 6) is 1.12. The molecule has 10 rings (SSSR count). The van der Waals surface area contributed by atoms with Gasteiger partial charge in [-0.25, -0.2) is 14.2 Å². The summed E-state index contributed by atoms with van der Waals surface area (Å²) in [6, 6.07) is 45.0. The lowest BCUT2D eigenvalue weighted by Gasteiger charge is -2.45. The zero-order valence-electron chi connectivity index (χ0n) is 46.1. The van der Waals surface area contributed by atoms with E-state index in [1.165, 1.54) is 28.6 Å². The first-order valence-corrected chi connectivity index (χ1v) is 30.4. The molecule has 5 heterocycles. The molecule has 2 fully saturated rings. The van der Waals surface area contributed by atoms with Crippen LogP contribution in [0.4, 0.5) is 0 Å². The quantitative estimate of drug-likeness (QED) is 0.0416. The van der Waals surface area contributed by atoms with Crippen LogP contribution in [-0.4, -0.2) is 71.2 Å². The van der Waals surface area contributed by atoms with Crippen molar-refractivity contribution in [1.82, 2.24) is 19.1 Å². The number of hydrogen-bond acceptors (Lipinski definition) is 13. The summed E-state index contributed by atoms with van der Waals surface area (Å²) in [4.78, 5) is 57.7. The number of H-pyrrole nitrogens is 2. The van der Waals surface area contributed by atoms with E-state index in [1.807, 2.05) is 115 Å². The van der Waals surface area contributed by atoms with E-state index in [9.17, 15) is 19.2 Å². The molecular formula is C62H67N4O13PSi. The van der Waals surface area contributed by atoms with Gasteiger partial charge in [0.1, 0.15) is 48.4 Å². The third kappa shape index (κ3) is 11.0. The zero-order chi connectivity index (χ0) is 57.3. The monoisotopic (exact) mass is 1130 g/mol. The Bertz CT molecular complexity index is 3610. The molecule has 0 amide bonds. The van der Waals surface area contributed by atoms with Crippen molar-refractivity contribution in [3.8, 4) is 11.5 Å². The average molecular weight is 1140 g/mol. The van der Waals surface area contributed by atoms with Gasteiger partial charge < -0.3 is 23.4 Å². The van der Waals surface area contributed by atoms with Crippen molar-refractivity contribution in [2.45, 2.75) is 120 Å². The van der Waals surface area contributed by atoms with Crippen LogP contribution in [-0.2, 0) is 42.4 Å². The van der Waals surface area contributed by atoms with Crippen molar-refractivity contribution in [1.29, 1.82) is 0 Å². The molecule has 3 aliphatic heterocycles. The number of phosphoric ester groups is 1. The Labute approximate surface area is 470 Å². The van der Waals surface area contributed by atoms with Crippen LogP contribution in [0.5, 0.6) is 11.5 Å². The summed E-state index contributed by atoms with van der Waals surface area (Å²) in [5, 5.41) is 1.44. The Balaban J connectivity index is 1.07. The van der Waals surface area contributed by atoms with Gasteiger partial charge in [0.2, 0.25) is 0 Å². The zero-order valence-corrected chi connectivity index (χ0v) is 48.0. The molecule has 5 aromatic carbocycles. The largest absolute Gasteiger partial charge is 0.475 e. The van der Waals surface area contributed by atoms with E-state index in [2.05, 4.69) is 68.2 Å². The van der Waals surface area contributed by atoms with Gasteiger partial charge in [0.15, 0.2) is 5.60 Å². The van der Waals surface area contributed by atoms with Crippen LogP contribution in [0.3, 0.4) is 0 Å². The highest BCUT2D eigenvalue weighted by Gasteiger charge is 2.57. The predicted molar refractivity (Wildman–Crippen MR) is 310 cm³/mol. The second kappa shape index (κ2) is 23.4. The second-order valence-corrected chi connectivity index (χ2v) is 27.6. The van der Waals surface area contributed by atoms with E-state index in [-0.39, 0.29) is 36.8 Å². The summed E-state index contributed by atoms with van der Waals surface area (Å²) in [6.45, 7) is 17.8. The lowest BCUT2D eigenvalue weighted by atomic mass is 9.77. The van der Waals surface area contributed by atoms with Gasteiger partial charge >= 0.3 is 19.2 Å². The van der Waals surface area contributed by atoms with Crippen LogP contribution in [0.1, 0.15) is 86.7 Å². The highest BCUT2D eigenvalue weighted by atomic mass is 31.2. The highest BCUT2D eigenvalue weighted by Crippen LogP contribution is 2.58. The topological polar surface area (TPSA) is 201 Å². The predicted octanol–water partition coefficient (Wildman–Crippen LogP) is 9.38. The van der Waals surface area contributed by atoms with Gasteiger partial charge in [-0.1, -0.05) is 160 Å². The fourth-order valence-electron chi connectivity index (χ4n) is 11.7. The number of benzene rings is 5. The molecule has 0 radical (unpaired) electrons. The normalized spacial score (nSPS) is 21.9. The number of phosphoric acid groups is 1. The average Bonchev–Trinajstić information content (AvgIpc) is 4.18. The fraction of sp³-hybridized carbons (Fsp3) is 0.323. The van der Waals surface area contributed by atoms with Crippen LogP contribution in [0.15, 0.2) is 196 Å². The Morgan fingerprint density at radius 1 is 0.667 bits per heavy atom. The number of aryl methyl sites for hydroxylation is 2. The number of fused-ring (bicyclic) bond motifs is 2. The minimum atomic E-state index is -4.81. The van der Waals surface area contributed by atoms with E-state index in [1.54, 1.807) is 26.0 Å². The van der Waals surface area contributed by atoms with Crippen molar-refractivity contribution in [3.05, 3.63) is 247 Å². The summed E-state index contributed by atoms with van der Waals surface area (Å²) in [7, 11) is -7.00. The second-order valence-electron chi connectivity index (χ2n) is 21.6. The summed E-state index contributed by atoms with van der Waals surface area (Å²) in [6.07, 6.45) is -2.24. The van der Waals surface area contributed by atoms with Crippen LogP contribution in [0.25, 0.3) is 0 Å². The van der Waals surface area contributed by atoms with E-state index in [4.69, 9.17) is 36.9 Å². The van der Waals surface area contributed by atoms with Gasteiger partial charge in [-0.05, 0) is 59.8 Å². The molecule has 422 valence electrons. The first-order chi connectivity index (χ1) is 38.9. The fourth-order valence-corrected chi connectivity index (χ4v) is 17.7. The third-order valence-electron chi connectivity index (χ3n) is 15.4. The van der Waals surface area contributed by atoms with Gasteiger partial charge in [-0.15, -0.1) is 13.2 Å². The minimum Gasteiger partial charge on any atom is -0.457 e. The maximum absolute atomic E-state index is 15.9. The number of aromatic nitrogens is 4. The summed E-state index contributed by atoms with van der Waals surface area (Å²) < 4.78 is 73.7. The number of para-hydroxylation sites is 2. The van der Waals surface area contributed by atoms with Crippen LogP contribution in [0, 0.1) is 13.8 Å². The molecular weight excluding hydrogens is 1070 g/mol.